The van der Waals surface area contributed by atoms with Crippen LogP contribution in [0, 0.1) is 0 Å². The Hall–Kier alpha value is -1.94. The summed E-state index contributed by atoms with van der Waals surface area (Å²) < 4.78 is 5.73. The largest absolute Gasteiger partial charge is 0.483 e. The molecule has 0 aliphatic carbocycles. The molecule has 1 amide bonds. The van der Waals surface area contributed by atoms with Crippen LogP contribution in [0.3, 0.4) is 0 Å². The number of hydrogen-bond acceptors (Lipinski definition) is 3. The molecule has 2 aromatic carbocycles. The average molecular weight is 329 g/mol. The van der Waals surface area contributed by atoms with E-state index in [4.69, 9.17) is 4.74 Å². The number of anilines is 1. The number of benzene rings is 2. The molecule has 0 saturated carbocycles. The van der Waals surface area contributed by atoms with E-state index >= 15 is 0 Å². The Morgan fingerprint density at radius 1 is 1.22 bits per heavy atom. The highest BCUT2D eigenvalue weighted by Crippen LogP contribution is 2.28. The summed E-state index contributed by atoms with van der Waals surface area (Å²) >= 11 is 1.65. The van der Waals surface area contributed by atoms with Crippen molar-refractivity contribution in [3.8, 4) is 5.75 Å². The van der Waals surface area contributed by atoms with Crippen molar-refractivity contribution in [3.63, 3.8) is 0 Å². The molecule has 1 N–H and O–H groups in total. The van der Waals surface area contributed by atoms with E-state index in [1.807, 2.05) is 48.7 Å². The highest BCUT2D eigenvalue weighted by atomic mass is 32.2. The molecular weight excluding hydrogens is 306 g/mol. The summed E-state index contributed by atoms with van der Waals surface area (Å²) in [4.78, 5) is 13.2. The predicted molar refractivity (Wildman–Crippen MR) is 97.5 cm³/mol. The number of carbonyl (C=O) groups is 1. The normalized spacial score (nSPS) is 11.8. The van der Waals surface area contributed by atoms with Crippen LogP contribution in [0.5, 0.6) is 5.75 Å². The number of carbonyl (C=O) groups excluding carboxylic acids is 1. The van der Waals surface area contributed by atoms with E-state index in [1.165, 1.54) is 0 Å². The first-order chi connectivity index (χ1) is 11.1. The third kappa shape index (κ3) is 5.03. The minimum absolute atomic E-state index is 0.0109. The third-order valence-electron chi connectivity index (χ3n) is 3.77. The number of amides is 1. The van der Waals surface area contributed by atoms with Crippen LogP contribution < -0.4 is 10.1 Å². The van der Waals surface area contributed by atoms with Crippen molar-refractivity contribution in [1.82, 2.24) is 0 Å². The van der Waals surface area contributed by atoms with Crippen LogP contribution in [0.2, 0.25) is 0 Å². The fourth-order valence-corrected chi connectivity index (χ4v) is 2.74. The molecule has 2 aromatic rings. The highest BCUT2D eigenvalue weighted by Gasteiger charge is 2.11. The molecule has 0 heterocycles. The molecule has 0 saturated heterocycles. The third-order valence-corrected chi connectivity index (χ3v) is 4.50. The lowest BCUT2D eigenvalue weighted by Gasteiger charge is -2.15. The van der Waals surface area contributed by atoms with Crippen LogP contribution in [-0.4, -0.2) is 18.8 Å². The van der Waals surface area contributed by atoms with E-state index in [9.17, 15) is 4.79 Å². The van der Waals surface area contributed by atoms with Gasteiger partial charge in [-0.25, -0.2) is 0 Å². The first-order valence-electron chi connectivity index (χ1n) is 7.79. The number of rotatable bonds is 7. The first-order valence-corrected chi connectivity index (χ1v) is 9.02. The second-order valence-corrected chi connectivity index (χ2v) is 6.30. The van der Waals surface area contributed by atoms with Crippen molar-refractivity contribution in [2.24, 2.45) is 0 Å². The van der Waals surface area contributed by atoms with Gasteiger partial charge in [-0.05, 0) is 48.4 Å². The molecule has 1 atom stereocenters. The summed E-state index contributed by atoms with van der Waals surface area (Å²) in [7, 11) is 0. The summed E-state index contributed by atoms with van der Waals surface area (Å²) in [5.74, 6) is 1.05. The second kappa shape index (κ2) is 8.63. The van der Waals surface area contributed by atoms with Crippen molar-refractivity contribution >= 4 is 23.4 Å². The molecule has 0 aliphatic heterocycles. The van der Waals surface area contributed by atoms with Gasteiger partial charge < -0.3 is 10.1 Å². The fraction of sp³-hybridized carbons (Fsp3) is 0.316. The van der Waals surface area contributed by atoms with E-state index in [2.05, 4.69) is 25.2 Å². The van der Waals surface area contributed by atoms with E-state index < -0.39 is 0 Å². The second-order valence-electron chi connectivity index (χ2n) is 5.42. The zero-order valence-corrected chi connectivity index (χ0v) is 14.7. The molecule has 0 fully saturated rings. The maximum Gasteiger partial charge on any atom is 0.262 e. The molecule has 1 unspecified atom stereocenters. The van der Waals surface area contributed by atoms with Crippen LogP contribution in [-0.2, 0) is 4.79 Å². The van der Waals surface area contributed by atoms with E-state index in [0.29, 0.717) is 5.92 Å². The van der Waals surface area contributed by atoms with E-state index in [1.54, 1.807) is 11.8 Å². The van der Waals surface area contributed by atoms with Gasteiger partial charge in [-0.3, -0.25) is 4.79 Å². The molecule has 3 nitrogen and oxygen atoms in total. The maximum absolute atomic E-state index is 12.1. The standard InChI is InChI=1S/C19H23NO2S/c1-4-14(2)17-10-5-6-11-18(17)22-13-19(21)20-15-8-7-9-16(12-15)23-3/h5-12,14H,4,13H2,1-3H3,(H,20,21). The Bertz CT molecular complexity index is 657. The van der Waals surface area contributed by atoms with Gasteiger partial charge in [-0.2, -0.15) is 0 Å². The lowest BCUT2D eigenvalue weighted by atomic mass is 9.98. The highest BCUT2D eigenvalue weighted by molar-refractivity contribution is 7.98. The lowest BCUT2D eigenvalue weighted by molar-refractivity contribution is -0.118. The van der Waals surface area contributed by atoms with Crippen molar-refractivity contribution in [2.75, 3.05) is 18.2 Å². The number of ether oxygens (including phenoxy) is 1. The van der Waals surface area contributed by atoms with Gasteiger partial charge in [-0.15, -0.1) is 11.8 Å². The Labute approximate surface area is 142 Å². The topological polar surface area (TPSA) is 38.3 Å². The zero-order chi connectivity index (χ0) is 16.7. The number of para-hydroxylation sites is 1. The number of thioether (sulfide) groups is 1. The zero-order valence-electron chi connectivity index (χ0n) is 13.8. The minimum Gasteiger partial charge on any atom is -0.483 e. The summed E-state index contributed by atoms with van der Waals surface area (Å²) in [6.07, 6.45) is 3.05. The van der Waals surface area contributed by atoms with Gasteiger partial charge >= 0.3 is 0 Å². The molecule has 0 spiro atoms. The van der Waals surface area contributed by atoms with Gasteiger partial charge in [0.2, 0.25) is 0 Å². The Morgan fingerprint density at radius 2 is 2.00 bits per heavy atom. The van der Waals surface area contributed by atoms with Crippen LogP contribution in [0.25, 0.3) is 0 Å². The molecule has 0 aliphatic rings. The number of nitrogens with one attached hydrogen (secondary N) is 1. The Morgan fingerprint density at radius 3 is 2.74 bits per heavy atom. The van der Waals surface area contributed by atoms with Gasteiger partial charge in [0.05, 0.1) is 0 Å². The smallest absolute Gasteiger partial charge is 0.262 e. The fourth-order valence-electron chi connectivity index (χ4n) is 2.28. The average Bonchev–Trinajstić information content (AvgIpc) is 2.59. The summed E-state index contributed by atoms with van der Waals surface area (Å²) in [5.41, 5.74) is 1.94. The van der Waals surface area contributed by atoms with Gasteiger partial charge in [0, 0.05) is 10.6 Å². The summed E-state index contributed by atoms with van der Waals surface area (Å²) in [6, 6.07) is 15.7. The molecule has 4 heteroatoms. The van der Waals surface area contributed by atoms with Gasteiger partial charge in [0.1, 0.15) is 5.75 Å². The van der Waals surface area contributed by atoms with Crippen molar-refractivity contribution < 1.29 is 9.53 Å². The molecular formula is C19H23NO2S. The van der Waals surface area contributed by atoms with Crippen molar-refractivity contribution in [1.29, 1.82) is 0 Å². The van der Waals surface area contributed by atoms with E-state index in [-0.39, 0.29) is 12.5 Å². The molecule has 0 bridgehead atoms. The molecule has 0 aromatic heterocycles. The van der Waals surface area contributed by atoms with Crippen LogP contribution in [0.15, 0.2) is 53.4 Å². The molecule has 0 radical (unpaired) electrons. The number of hydrogen-bond donors (Lipinski definition) is 1. The van der Waals surface area contributed by atoms with Crippen LogP contribution >= 0.6 is 11.8 Å². The minimum atomic E-state index is -0.151. The van der Waals surface area contributed by atoms with Crippen LogP contribution in [0.4, 0.5) is 5.69 Å². The first kappa shape index (κ1) is 17.4. The lowest BCUT2D eigenvalue weighted by Crippen LogP contribution is -2.20. The maximum atomic E-state index is 12.1. The predicted octanol–water partition coefficient (Wildman–Crippen LogP) is 4.94. The van der Waals surface area contributed by atoms with Crippen LogP contribution in [0.1, 0.15) is 31.7 Å². The monoisotopic (exact) mass is 329 g/mol. The van der Waals surface area contributed by atoms with Gasteiger partial charge in [0.25, 0.3) is 5.91 Å². The molecule has 122 valence electrons. The SMILES string of the molecule is CCC(C)c1ccccc1OCC(=O)Nc1cccc(SC)c1. The Balaban J connectivity index is 1.97. The molecule has 2 rings (SSSR count). The quantitative estimate of drug-likeness (QED) is 0.731. The van der Waals surface area contributed by atoms with Crippen molar-refractivity contribution in [3.05, 3.63) is 54.1 Å². The summed E-state index contributed by atoms with van der Waals surface area (Å²) in [5, 5.41) is 2.87. The summed E-state index contributed by atoms with van der Waals surface area (Å²) in [6.45, 7) is 4.32. The van der Waals surface area contributed by atoms with Gasteiger partial charge in [0.15, 0.2) is 6.61 Å². The molecule has 23 heavy (non-hydrogen) atoms. The van der Waals surface area contributed by atoms with Gasteiger partial charge in [-0.1, -0.05) is 38.1 Å². The Kier molecular flexibility index (Phi) is 6.53. The van der Waals surface area contributed by atoms with Crippen molar-refractivity contribution in [2.45, 2.75) is 31.1 Å². The van der Waals surface area contributed by atoms with E-state index in [0.717, 1.165) is 28.3 Å².